The van der Waals surface area contributed by atoms with Gasteiger partial charge >= 0.3 is 0 Å². The Morgan fingerprint density at radius 3 is 2.54 bits per heavy atom. The maximum absolute atomic E-state index is 12.5. The summed E-state index contributed by atoms with van der Waals surface area (Å²) in [5, 5.41) is 6.05. The second-order valence-corrected chi connectivity index (χ2v) is 8.15. The van der Waals surface area contributed by atoms with Crippen LogP contribution in [0.25, 0.3) is 11.3 Å². The number of aromatic nitrogens is 1. The second-order valence-electron chi connectivity index (χ2n) is 6.88. The van der Waals surface area contributed by atoms with E-state index >= 15 is 0 Å². The molecule has 2 fully saturated rings. The molecular weight excluding hydrogens is 370 g/mol. The van der Waals surface area contributed by atoms with E-state index in [9.17, 15) is 9.59 Å². The maximum Gasteiger partial charge on any atom is 0.229 e. The average molecular weight is 390 g/mol. The van der Waals surface area contributed by atoms with Crippen LogP contribution in [0, 0.1) is 11.8 Å². The molecule has 136 valence electrons. The number of piperidine rings is 1. The van der Waals surface area contributed by atoms with Crippen LogP contribution < -0.4 is 5.32 Å². The number of nitrogens with zero attached hydrogens (tertiary/aromatic N) is 2. The standard InChI is InChI=1S/C19H20ClN3O2S/c20-15-4-2-1-3-14(15)16-11-26-19(21-16)22-17(24)12-7-9-23(10-8-12)18(25)13-5-6-13/h1-4,11-13H,5-10H2,(H,21,22,24). The molecule has 1 saturated carbocycles. The van der Waals surface area contributed by atoms with Crippen LogP contribution in [0.4, 0.5) is 5.13 Å². The lowest BCUT2D eigenvalue weighted by atomic mass is 9.95. The first-order chi connectivity index (χ1) is 12.6. The van der Waals surface area contributed by atoms with Gasteiger partial charge in [-0.3, -0.25) is 9.59 Å². The lowest BCUT2D eigenvalue weighted by Gasteiger charge is -2.31. The summed E-state index contributed by atoms with van der Waals surface area (Å²) in [6.45, 7) is 1.35. The van der Waals surface area contributed by atoms with Gasteiger partial charge in [0.1, 0.15) is 0 Å². The van der Waals surface area contributed by atoms with Crippen molar-refractivity contribution in [3.05, 3.63) is 34.7 Å². The smallest absolute Gasteiger partial charge is 0.229 e. The van der Waals surface area contributed by atoms with Gasteiger partial charge in [0.25, 0.3) is 0 Å². The number of carbonyl (C=O) groups excluding carboxylic acids is 2. The molecule has 0 unspecified atom stereocenters. The van der Waals surface area contributed by atoms with E-state index in [4.69, 9.17) is 11.6 Å². The fraction of sp³-hybridized carbons (Fsp3) is 0.421. The van der Waals surface area contributed by atoms with Crippen molar-refractivity contribution in [3.63, 3.8) is 0 Å². The predicted molar refractivity (Wildman–Crippen MR) is 103 cm³/mol. The van der Waals surface area contributed by atoms with Gasteiger partial charge in [-0.15, -0.1) is 11.3 Å². The molecule has 2 aliphatic rings. The molecule has 1 aromatic carbocycles. The van der Waals surface area contributed by atoms with E-state index in [0.29, 0.717) is 36.1 Å². The number of likely N-dealkylation sites (tertiary alicyclic amines) is 1. The Morgan fingerprint density at radius 1 is 1.12 bits per heavy atom. The average Bonchev–Trinajstić information content (AvgIpc) is 3.41. The number of hydrogen-bond donors (Lipinski definition) is 1. The summed E-state index contributed by atoms with van der Waals surface area (Å²) in [6, 6.07) is 7.53. The highest BCUT2D eigenvalue weighted by molar-refractivity contribution is 7.14. The molecule has 1 aliphatic heterocycles. The molecule has 0 atom stereocenters. The summed E-state index contributed by atoms with van der Waals surface area (Å²) in [6.07, 6.45) is 3.48. The minimum Gasteiger partial charge on any atom is -0.342 e. The number of anilines is 1. The molecule has 2 amide bonds. The quantitative estimate of drug-likeness (QED) is 0.857. The third-order valence-electron chi connectivity index (χ3n) is 4.99. The first-order valence-corrected chi connectivity index (χ1v) is 10.2. The van der Waals surface area contributed by atoms with Gasteiger partial charge in [0.15, 0.2) is 5.13 Å². The Bertz CT molecular complexity index is 826. The normalized spacial score (nSPS) is 18.0. The number of halogens is 1. The third kappa shape index (κ3) is 3.76. The number of benzene rings is 1. The van der Waals surface area contributed by atoms with Gasteiger partial charge in [0.05, 0.1) is 5.69 Å². The highest BCUT2D eigenvalue weighted by atomic mass is 35.5. The van der Waals surface area contributed by atoms with E-state index in [1.54, 1.807) is 0 Å². The fourth-order valence-corrected chi connectivity index (χ4v) is 4.23. The number of carbonyl (C=O) groups is 2. The monoisotopic (exact) mass is 389 g/mol. The molecule has 2 aromatic rings. The summed E-state index contributed by atoms with van der Waals surface area (Å²) in [5.74, 6) is 0.446. The first-order valence-electron chi connectivity index (χ1n) is 8.92. The molecule has 0 bridgehead atoms. The molecule has 0 spiro atoms. The Kier molecular flexibility index (Phi) is 4.96. The third-order valence-corrected chi connectivity index (χ3v) is 6.08. The van der Waals surface area contributed by atoms with Gasteiger partial charge in [-0.25, -0.2) is 4.98 Å². The Balaban J connectivity index is 1.34. The van der Waals surface area contributed by atoms with Crippen LogP contribution in [0.1, 0.15) is 25.7 Å². The van der Waals surface area contributed by atoms with Gasteiger partial charge in [0, 0.05) is 40.9 Å². The van der Waals surface area contributed by atoms with Crippen LogP contribution in [0.2, 0.25) is 5.02 Å². The highest BCUT2D eigenvalue weighted by Gasteiger charge is 2.36. The van der Waals surface area contributed by atoms with Crippen molar-refractivity contribution in [3.8, 4) is 11.3 Å². The predicted octanol–water partition coefficient (Wildman–Crippen LogP) is 4.05. The molecule has 7 heteroatoms. The number of thiazole rings is 1. The first kappa shape index (κ1) is 17.5. The zero-order valence-electron chi connectivity index (χ0n) is 14.3. The topological polar surface area (TPSA) is 62.3 Å². The van der Waals surface area contributed by atoms with Crippen molar-refractivity contribution in [1.82, 2.24) is 9.88 Å². The second kappa shape index (κ2) is 7.37. The lowest BCUT2D eigenvalue weighted by molar-refractivity contribution is -0.135. The largest absolute Gasteiger partial charge is 0.342 e. The summed E-state index contributed by atoms with van der Waals surface area (Å²) in [4.78, 5) is 31.0. The zero-order valence-corrected chi connectivity index (χ0v) is 15.9. The van der Waals surface area contributed by atoms with Crippen molar-refractivity contribution in [1.29, 1.82) is 0 Å². The van der Waals surface area contributed by atoms with Crippen LogP contribution in [-0.4, -0.2) is 34.8 Å². The maximum atomic E-state index is 12.5. The lowest BCUT2D eigenvalue weighted by Crippen LogP contribution is -2.42. The van der Waals surface area contributed by atoms with Crippen molar-refractivity contribution >= 4 is 39.9 Å². The summed E-state index contributed by atoms with van der Waals surface area (Å²) < 4.78 is 0. The van der Waals surface area contributed by atoms with Crippen molar-refractivity contribution in [2.75, 3.05) is 18.4 Å². The van der Waals surface area contributed by atoms with E-state index in [1.807, 2.05) is 34.5 Å². The summed E-state index contributed by atoms with van der Waals surface area (Å²) >= 11 is 7.60. The molecule has 2 heterocycles. The summed E-state index contributed by atoms with van der Waals surface area (Å²) in [5.41, 5.74) is 1.62. The summed E-state index contributed by atoms with van der Waals surface area (Å²) in [7, 11) is 0. The number of hydrogen-bond acceptors (Lipinski definition) is 4. The minimum atomic E-state index is -0.0640. The van der Waals surface area contributed by atoms with Crippen molar-refractivity contribution in [2.24, 2.45) is 11.8 Å². The molecule has 26 heavy (non-hydrogen) atoms. The number of rotatable bonds is 4. The van der Waals surface area contributed by atoms with Gasteiger partial charge in [-0.1, -0.05) is 29.8 Å². The number of amides is 2. The molecular formula is C19H20ClN3O2S. The highest BCUT2D eigenvalue weighted by Crippen LogP contribution is 2.33. The van der Waals surface area contributed by atoms with E-state index in [-0.39, 0.29) is 23.7 Å². The molecule has 4 rings (SSSR count). The van der Waals surface area contributed by atoms with Gasteiger partial charge in [0.2, 0.25) is 11.8 Å². The van der Waals surface area contributed by atoms with Crippen molar-refractivity contribution in [2.45, 2.75) is 25.7 Å². The van der Waals surface area contributed by atoms with Gasteiger partial charge < -0.3 is 10.2 Å². The Hall–Kier alpha value is -1.92. The Morgan fingerprint density at radius 2 is 1.85 bits per heavy atom. The Labute approximate surface area is 161 Å². The van der Waals surface area contributed by atoms with Crippen LogP contribution in [-0.2, 0) is 9.59 Å². The molecule has 1 N–H and O–H groups in total. The van der Waals surface area contributed by atoms with E-state index < -0.39 is 0 Å². The van der Waals surface area contributed by atoms with Crippen LogP contribution in [0.15, 0.2) is 29.6 Å². The zero-order chi connectivity index (χ0) is 18.1. The van der Waals surface area contributed by atoms with Crippen LogP contribution >= 0.6 is 22.9 Å². The molecule has 1 aliphatic carbocycles. The molecule has 0 radical (unpaired) electrons. The fourth-order valence-electron chi connectivity index (χ4n) is 3.28. The number of nitrogens with one attached hydrogen (secondary N) is 1. The van der Waals surface area contributed by atoms with Crippen LogP contribution in [0.5, 0.6) is 0 Å². The molecule has 1 aromatic heterocycles. The SMILES string of the molecule is O=C(Nc1nc(-c2ccccc2Cl)cs1)C1CCN(C(=O)C2CC2)CC1. The van der Waals surface area contributed by atoms with Gasteiger partial charge in [-0.2, -0.15) is 0 Å². The van der Waals surface area contributed by atoms with E-state index in [2.05, 4.69) is 10.3 Å². The molecule has 5 nitrogen and oxygen atoms in total. The van der Waals surface area contributed by atoms with Crippen LogP contribution in [0.3, 0.4) is 0 Å². The van der Waals surface area contributed by atoms with E-state index in [0.717, 1.165) is 24.1 Å². The van der Waals surface area contributed by atoms with E-state index in [1.165, 1.54) is 11.3 Å². The van der Waals surface area contributed by atoms with Gasteiger partial charge in [-0.05, 0) is 31.7 Å². The minimum absolute atomic E-state index is 0.0106. The van der Waals surface area contributed by atoms with Crippen molar-refractivity contribution < 1.29 is 9.59 Å². The molecule has 1 saturated heterocycles.